The lowest BCUT2D eigenvalue weighted by Gasteiger charge is -2.10. The molecule has 2 rings (SSSR count). The number of amides is 1. The van der Waals surface area contributed by atoms with Crippen LogP contribution >= 0.6 is 0 Å². The number of halogens is 3. The van der Waals surface area contributed by atoms with Gasteiger partial charge >= 0.3 is 11.9 Å². The molecule has 0 unspecified atom stereocenters. The van der Waals surface area contributed by atoms with E-state index in [9.17, 15) is 27.6 Å². The van der Waals surface area contributed by atoms with Crippen LogP contribution in [-0.4, -0.2) is 42.3 Å². The van der Waals surface area contributed by atoms with Crippen molar-refractivity contribution >= 4 is 5.91 Å². The third kappa shape index (κ3) is 5.86. The lowest BCUT2D eigenvalue weighted by Crippen LogP contribution is -2.37. The Bertz CT molecular complexity index is 826. The molecule has 0 atom stereocenters. The molecular formula is C12H14F3N7O3. The third-order valence-electron chi connectivity index (χ3n) is 3.10. The molecule has 0 aliphatic rings. The van der Waals surface area contributed by atoms with Crippen molar-refractivity contribution < 1.29 is 18.0 Å². The average molecular weight is 361 g/mol. The number of aromatic amines is 2. The van der Waals surface area contributed by atoms with E-state index in [2.05, 4.69) is 25.9 Å². The lowest BCUT2D eigenvalue weighted by atomic mass is 10.2. The van der Waals surface area contributed by atoms with Crippen LogP contribution in [0.2, 0.25) is 0 Å². The fourth-order valence-corrected chi connectivity index (χ4v) is 1.97. The summed E-state index contributed by atoms with van der Waals surface area (Å²) in [5.41, 5.74) is -2.18. The number of alkyl halides is 3. The smallest absolute Gasteiger partial charge is 0.352 e. The van der Waals surface area contributed by atoms with Crippen LogP contribution in [0, 0.1) is 0 Å². The normalized spacial score (nSPS) is 11.5. The quantitative estimate of drug-likeness (QED) is 0.593. The average Bonchev–Trinajstić information content (AvgIpc) is 3.01. The van der Waals surface area contributed by atoms with Gasteiger partial charge in [0.05, 0.1) is 5.56 Å². The van der Waals surface area contributed by atoms with Crippen molar-refractivity contribution in [1.82, 2.24) is 35.5 Å². The Morgan fingerprint density at radius 1 is 1.32 bits per heavy atom. The minimum absolute atomic E-state index is 0.106. The Labute approximate surface area is 137 Å². The zero-order chi connectivity index (χ0) is 18.4. The molecule has 1 amide bonds. The van der Waals surface area contributed by atoms with Crippen molar-refractivity contribution in [3.63, 3.8) is 0 Å². The topological polar surface area (TPSA) is 138 Å². The van der Waals surface area contributed by atoms with Gasteiger partial charge in [-0.15, -0.1) is 10.2 Å². The Morgan fingerprint density at radius 3 is 2.72 bits per heavy atom. The van der Waals surface area contributed by atoms with E-state index in [1.165, 1.54) is 0 Å². The SMILES string of the molecule is O=C(CCCc1nn[nH]n1)NCc1cn(CC(F)(F)F)c(=O)[nH]c1=O. The van der Waals surface area contributed by atoms with Gasteiger partial charge in [-0.3, -0.25) is 19.1 Å². The summed E-state index contributed by atoms with van der Waals surface area (Å²) in [5.74, 6) is 0.0416. The molecule has 0 saturated carbocycles. The van der Waals surface area contributed by atoms with E-state index in [0.717, 1.165) is 6.20 Å². The van der Waals surface area contributed by atoms with Gasteiger partial charge in [-0.25, -0.2) is 4.79 Å². The number of carbonyl (C=O) groups excluding carboxylic acids is 1. The summed E-state index contributed by atoms with van der Waals surface area (Å²) in [7, 11) is 0. The summed E-state index contributed by atoms with van der Waals surface area (Å²) in [6.07, 6.45) is -2.88. The van der Waals surface area contributed by atoms with Gasteiger partial charge in [0.25, 0.3) is 5.56 Å². The van der Waals surface area contributed by atoms with Crippen LogP contribution in [0.25, 0.3) is 0 Å². The summed E-state index contributed by atoms with van der Waals surface area (Å²) in [6.45, 7) is -1.83. The van der Waals surface area contributed by atoms with Crippen molar-refractivity contribution in [2.24, 2.45) is 0 Å². The Balaban J connectivity index is 1.90. The van der Waals surface area contributed by atoms with Crippen LogP contribution in [0.3, 0.4) is 0 Å². The number of nitrogens with one attached hydrogen (secondary N) is 3. The molecule has 0 saturated heterocycles. The zero-order valence-electron chi connectivity index (χ0n) is 12.8. The van der Waals surface area contributed by atoms with Crippen LogP contribution in [0.4, 0.5) is 13.2 Å². The number of aromatic nitrogens is 6. The summed E-state index contributed by atoms with van der Waals surface area (Å²) >= 11 is 0. The van der Waals surface area contributed by atoms with Gasteiger partial charge in [-0.2, -0.15) is 18.4 Å². The summed E-state index contributed by atoms with van der Waals surface area (Å²) in [6, 6.07) is 0. The molecular weight excluding hydrogens is 347 g/mol. The zero-order valence-corrected chi connectivity index (χ0v) is 12.8. The maximum atomic E-state index is 12.4. The summed E-state index contributed by atoms with van der Waals surface area (Å²) in [4.78, 5) is 36.5. The number of hydrogen-bond donors (Lipinski definition) is 3. The first-order valence-corrected chi connectivity index (χ1v) is 7.13. The van der Waals surface area contributed by atoms with E-state index >= 15 is 0 Å². The van der Waals surface area contributed by atoms with Crippen LogP contribution in [0.1, 0.15) is 24.2 Å². The number of hydrogen-bond acceptors (Lipinski definition) is 6. The maximum Gasteiger partial charge on any atom is 0.406 e. The van der Waals surface area contributed by atoms with E-state index in [-0.39, 0.29) is 18.5 Å². The Morgan fingerprint density at radius 2 is 2.08 bits per heavy atom. The van der Waals surface area contributed by atoms with Crippen molar-refractivity contribution in [2.45, 2.75) is 38.5 Å². The van der Waals surface area contributed by atoms with Gasteiger partial charge in [0.1, 0.15) is 6.54 Å². The predicted molar refractivity (Wildman–Crippen MR) is 76.3 cm³/mol. The second-order valence-corrected chi connectivity index (χ2v) is 5.12. The largest absolute Gasteiger partial charge is 0.406 e. The van der Waals surface area contributed by atoms with E-state index < -0.39 is 29.9 Å². The first kappa shape index (κ1) is 18.4. The highest BCUT2D eigenvalue weighted by molar-refractivity contribution is 5.75. The molecule has 2 aromatic rings. The first-order valence-electron chi connectivity index (χ1n) is 7.13. The molecule has 0 fully saturated rings. The molecule has 0 spiro atoms. The first-order chi connectivity index (χ1) is 11.7. The van der Waals surface area contributed by atoms with Crippen LogP contribution in [-0.2, 0) is 24.3 Å². The van der Waals surface area contributed by atoms with E-state index in [1.54, 1.807) is 4.98 Å². The van der Waals surface area contributed by atoms with Crippen molar-refractivity contribution in [3.8, 4) is 0 Å². The molecule has 0 radical (unpaired) electrons. The minimum Gasteiger partial charge on any atom is -0.352 e. The number of nitrogens with zero attached hydrogens (tertiary/aromatic N) is 4. The van der Waals surface area contributed by atoms with E-state index in [1.807, 2.05) is 0 Å². The number of carbonyl (C=O) groups is 1. The molecule has 2 heterocycles. The second-order valence-electron chi connectivity index (χ2n) is 5.12. The highest BCUT2D eigenvalue weighted by Gasteiger charge is 2.28. The molecule has 3 N–H and O–H groups in total. The molecule has 0 aliphatic heterocycles. The number of H-pyrrole nitrogens is 2. The molecule has 25 heavy (non-hydrogen) atoms. The molecule has 10 nitrogen and oxygen atoms in total. The van der Waals surface area contributed by atoms with Crippen molar-refractivity contribution in [2.75, 3.05) is 0 Å². The molecule has 0 aromatic carbocycles. The molecule has 2 aromatic heterocycles. The third-order valence-corrected chi connectivity index (χ3v) is 3.10. The van der Waals surface area contributed by atoms with Gasteiger partial charge in [0.2, 0.25) is 5.91 Å². The van der Waals surface area contributed by atoms with Gasteiger partial charge < -0.3 is 5.32 Å². The highest BCUT2D eigenvalue weighted by Crippen LogP contribution is 2.16. The standard InChI is InChI=1S/C12H14F3N7O3/c13-12(14,15)6-22-5-7(10(24)17-11(22)25)4-16-9(23)3-1-2-8-18-20-21-19-8/h5H,1-4,6H2,(H,16,23)(H,17,24,25)(H,18,19,20,21). The van der Waals surface area contributed by atoms with Crippen molar-refractivity contribution in [1.29, 1.82) is 0 Å². The van der Waals surface area contributed by atoms with Gasteiger partial charge in [0, 0.05) is 25.6 Å². The maximum absolute atomic E-state index is 12.4. The minimum atomic E-state index is -4.61. The molecule has 0 bridgehead atoms. The second kappa shape index (κ2) is 7.72. The number of tetrazole rings is 1. The summed E-state index contributed by atoms with van der Waals surface area (Å²) < 4.78 is 37.5. The molecule has 13 heteroatoms. The van der Waals surface area contributed by atoms with Crippen molar-refractivity contribution in [3.05, 3.63) is 38.4 Å². The van der Waals surface area contributed by atoms with Crippen LogP contribution < -0.4 is 16.6 Å². The summed E-state index contributed by atoms with van der Waals surface area (Å²) in [5, 5.41) is 15.5. The Kier molecular flexibility index (Phi) is 5.67. The van der Waals surface area contributed by atoms with Crippen LogP contribution in [0.5, 0.6) is 0 Å². The van der Waals surface area contributed by atoms with E-state index in [4.69, 9.17) is 0 Å². The monoisotopic (exact) mass is 361 g/mol. The Hall–Kier alpha value is -2.99. The molecule has 136 valence electrons. The number of aryl methyl sites for hydroxylation is 1. The highest BCUT2D eigenvalue weighted by atomic mass is 19.4. The molecule has 0 aliphatic carbocycles. The van der Waals surface area contributed by atoms with Crippen LogP contribution in [0.15, 0.2) is 15.8 Å². The van der Waals surface area contributed by atoms with E-state index in [0.29, 0.717) is 23.2 Å². The fourth-order valence-electron chi connectivity index (χ4n) is 1.97. The van der Waals surface area contributed by atoms with Gasteiger partial charge in [-0.1, -0.05) is 5.21 Å². The predicted octanol–water partition coefficient (Wildman–Crippen LogP) is -0.749. The lowest BCUT2D eigenvalue weighted by molar-refractivity contribution is -0.141. The fraction of sp³-hybridized carbons (Fsp3) is 0.500. The van der Waals surface area contributed by atoms with Gasteiger partial charge in [-0.05, 0) is 6.42 Å². The number of rotatable bonds is 7. The van der Waals surface area contributed by atoms with Gasteiger partial charge in [0.15, 0.2) is 5.82 Å².